The van der Waals surface area contributed by atoms with Crippen LogP contribution in [0, 0.1) is 0 Å². The van der Waals surface area contributed by atoms with Crippen molar-refractivity contribution in [1.29, 1.82) is 0 Å². The molecule has 3 rings (SSSR count). The number of hydroxylamine groups is 2. The first-order valence-electron chi connectivity index (χ1n) is 6.56. The largest absolute Gasteiger partial charge is 0.363 e. The number of benzene rings is 1. The summed E-state index contributed by atoms with van der Waals surface area (Å²) in [4.78, 5) is 41.1. The van der Waals surface area contributed by atoms with Gasteiger partial charge in [-0.3, -0.25) is 9.59 Å². The number of carbonyl (C=O) groups is 3. The van der Waals surface area contributed by atoms with Crippen LogP contribution in [0.15, 0.2) is 41.5 Å². The topological polar surface area (TPSA) is 63.7 Å². The van der Waals surface area contributed by atoms with E-state index in [1.165, 1.54) is 0 Å². The third kappa shape index (κ3) is 2.01. The summed E-state index contributed by atoms with van der Waals surface area (Å²) < 4.78 is 0. The predicted molar refractivity (Wildman–Crippen MR) is 69.2 cm³/mol. The summed E-state index contributed by atoms with van der Waals surface area (Å²) in [5.41, 5.74) is 1.31. The molecule has 1 heterocycles. The molecule has 1 aliphatic heterocycles. The lowest BCUT2D eigenvalue weighted by atomic mass is 9.93. The van der Waals surface area contributed by atoms with Crippen LogP contribution in [-0.4, -0.2) is 22.8 Å². The molecule has 0 saturated heterocycles. The first kappa shape index (κ1) is 12.6. The minimum Gasteiger partial charge on any atom is -0.324 e. The van der Waals surface area contributed by atoms with E-state index >= 15 is 0 Å². The van der Waals surface area contributed by atoms with Gasteiger partial charge in [0.25, 0.3) is 11.8 Å². The third-order valence-electron chi connectivity index (χ3n) is 3.54. The molecule has 0 bridgehead atoms. The van der Waals surface area contributed by atoms with E-state index in [9.17, 15) is 14.4 Å². The second-order valence-electron chi connectivity index (χ2n) is 4.81. The molecule has 2 aliphatic rings. The van der Waals surface area contributed by atoms with Crippen molar-refractivity contribution < 1.29 is 19.2 Å². The molecule has 1 aromatic carbocycles. The monoisotopic (exact) mass is 271 g/mol. The predicted octanol–water partition coefficient (Wildman–Crippen LogP) is 2.00. The number of amides is 2. The number of nitrogens with zero attached hydrogens (tertiary/aromatic N) is 1. The molecule has 0 atom stereocenters. The Morgan fingerprint density at radius 2 is 1.50 bits per heavy atom. The second-order valence-corrected chi connectivity index (χ2v) is 4.81. The fourth-order valence-corrected chi connectivity index (χ4v) is 2.51. The summed E-state index contributed by atoms with van der Waals surface area (Å²) in [5.74, 6) is -1.69. The summed E-state index contributed by atoms with van der Waals surface area (Å²) in [7, 11) is 0. The van der Waals surface area contributed by atoms with Gasteiger partial charge in [0.1, 0.15) is 0 Å². The zero-order valence-electron chi connectivity index (χ0n) is 10.8. The molecule has 1 aromatic rings. The van der Waals surface area contributed by atoms with Gasteiger partial charge in [0, 0.05) is 11.1 Å². The third-order valence-corrected chi connectivity index (χ3v) is 3.54. The van der Waals surface area contributed by atoms with Crippen LogP contribution in [0.3, 0.4) is 0 Å². The molecule has 2 amide bonds. The Kier molecular flexibility index (Phi) is 3.10. The molecule has 5 heteroatoms. The van der Waals surface area contributed by atoms with Crippen LogP contribution >= 0.6 is 0 Å². The fraction of sp³-hybridized carbons (Fsp3) is 0.267. The first-order chi connectivity index (χ1) is 9.68. The van der Waals surface area contributed by atoms with Crippen molar-refractivity contribution in [2.75, 3.05) is 0 Å². The van der Waals surface area contributed by atoms with E-state index in [4.69, 9.17) is 4.84 Å². The number of rotatable bonds is 2. The Hall–Kier alpha value is -2.43. The minimum absolute atomic E-state index is 0.304. The van der Waals surface area contributed by atoms with Gasteiger partial charge < -0.3 is 4.84 Å². The maximum atomic E-state index is 12.1. The molecule has 0 unspecified atom stereocenters. The van der Waals surface area contributed by atoms with Crippen LogP contribution in [0.25, 0.3) is 0 Å². The van der Waals surface area contributed by atoms with E-state index in [1.807, 2.05) is 0 Å². The number of carbonyl (C=O) groups excluding carboxylic acids is 3. The summed E-state index contributed by atoms with van der Waals surface area (Å²) >= 11 is 0. The molecule has 102 valence electrons. The molecular formula is C15H13NO4. The van der Waals surface area contributed by atoms with Gasteiger partial charge in [-0.2, -0.15) is 0 Å². The highest BCUT2D eigenvalue weighted by atomic mass is 16.7. The zero-order valence-corrected chi connectivity index (χ0v) is 10.8. The maximum Gasteiger partial charge on any atom is 0.363 e. The molecule has 5 nitrogen and oxygen atoms in total. The highest BCUT2D eigenvalue weighted by Crippen LogP contribution is 2.33. The lowest BCUT2D eigenvalue weighted by molar-refractivity contribution is -0.171. The van der Waals surface area contributed by atoms with Crippen LogP contribution in [-0.2, 0) is 14.4 Å². The first-order valence-corrected chi connectivity index (χ1v) is 6.56. The van der Waals surface area contributed by atoms with Crippen LogP contribution in [0.1, 0.15) is 36.0 Å². The van der Waals surface area contributed by atoms with Gasteiger partial charge in [0.15, 0.2) is 0 Å². The molecule has 0 radical (unpaired) electrons. The van der Waals surface area contributed by atoms with E-state index in [0.29, 0.717) is 34.6 Å². The Balaban J connectivity index is 1.78. The van der Waals surface area contributed by atoms with Crippen LogP contribution in [0.5, 0.6) is 0 Å². The van der Waals surface area contributed by atoms with Gasteiger partial charge in [0.2, 0.25) is 0 Å². The standard InChI is InChI=1S/C15H13NO4/c17-13-11-8-4-5-9-12(11)14(18)16(13)20-15(19)10-6-2-1-3-7-10/h1-3,6-7H,4-5,8-9H2. The van der Waals surface area contributed by atoms with Gasteiger partial charge in [-0.25, -0.2) is 4.79 Å². The van der Waals surface area contributed by atoms with Crippen molar-refractivity contribution in [3.05, 3.63) is 47.0 Å². The van der Waals surface area contributed by atoms with Crippen LogP contribution in [0.4, 0.5) is 0 Å². The molecule has 0 N–H and O–H groups in total. The Bertz CT molecular complexity index is 590. The van der Waals surface area contributed by atoms with Crippen molar-refractivity contribution in [2.24, 2.45) is 0 Å². The van der Waals surface area contributed by atoms with Crippen molar-refractivity contribution in [2.45, 2.75) is 25.7 Å². The van der Waals surface area contributed by atoms with Gasteiger partial charge >= 0.3 is 5.97 Å². The molecule has 0 saturated carbocycles. The van der Waals surface area contributed by atoms with E-state index < -0.39 is 17.8 Å². The molecule has 0 fully saturated rings. The summed E-state index contributed by atoms with van der Waals surface area (Å²) in [5, 5.41) is 0.602. The van der Waals surface area contributed by atoms with E-state index in [-0.39, 0.29) is 0 Å². The zero-order chi connectivity index (χ0) is 14.1. The molecular weight excluding hydrogens is 258 g/mol. The van der Waals surface area contributed by atoms with E-state index in [0.717, 1.165) is 12.8 Å². The number of hydrogen-bond acceptors (Lipinski definition) is 4. The van der Waals surface area contributed by atoms with Gasteiger partial charge in [-0.05, 0) is 37.8 Å². The quantitative estimate of drug-likeness (QED) is 0.772. The summed E-state index contributed by atoms with van der Waals surface area (Å²) in [6.45, 7) is 0. The second kappa shape index (κ2) is 4.92. The van der Waals surface area contributed by atoms with Crippen LogP contribution < -0.4 is 0 Å². The Morgan fingerprint density at radius 3 is 2.05 bits per heavy atom. The van der Waals surface area contributed by atoms with Gasteiger partial charge in [0.05, 0.1) is 5.56 Å². The van der Waals surface area contributed by atoms with E-state index in [1.54, 1.807) is 30.3 Å². The Morgan fingerprint density at radius 1 is 0.950 bits per heavy atom. The fourth-order valence-electron chi connectivity index (χ4n) is 2.51. The van der Waals surface area contributed by atoms with Crippen molar-refractivity contribution in [1.82, 2.24) is 5.06 Å². The summed E-state index contributed by atoms with van der Waals surface area (Å²) in [6.07, 6.45) is 2.94. The SMILES string of the molecule is O=C(ON1C(=O)C2=C(CCCC2)C1=O)c1ccccc1. The highest BCUT2D eigenvalue weighted by Gasteiger charge is 2.41. The highest BCUT2D eigenvalue weighted by molar-refractivity contribution is 6.19. The average Bonchev–Trinajstić information content (AvgIpc) is 2.74. The summed E-state index contributed by atoms with van der Waals surface area (Å²) in [6, 6.07) is 8.28. The lowest BCUT2D eigenvalue weighted by Crippen LogP contribution is -2.34. The average molecular weight is 271 g/mol. The van der Waals surface area contributed by atoms with Gasteiger partial charge in [-0.15, -0.1) is 0 Å². The normalized spacial score (nSPS) is 18.3. The Labute approximate surface area is 115 Å². The smallest absolute Gasteiger partial charge is 0.324 e. The molecule has 1 aliphatic carbocycles. The molecule has 0 spiro atoms. The number of imide groups is 1. The number of hydrogen-bond donors (Lipinski definition) is 0. The lowest BCUT2D eigenvalue weighted by Gasteiger charge is -2.13. The van der Waals surface area contributed by atoms with E-state index in [2.05, 4.69) is 0 Å². The molecule has 20 heavy (non-hydrogen) atoms. The maximum absolute atomic E-state index is 12.1. The van der Waals surface area contributed by atoms with Crippen molar-refractivity contribution in [3.63, 3.8) is 0 Å². The van der Waals surface area contributed by atoms with Gasteiger partial charge in [-0.1, -0.05) is 23.3 Å². The van der Waals surface area contributed by atoms with Crippen LogP contribution in [0.2, 0.25) is 0 Å². The minimum atomic E-state index is -0.702. The van der Waals surface area contributed by atoms with Crippen molar-refractivity contribution in [3.8, 4) is 0 Å². The van der Waals surface area contributed by atoms with Crippen molar-refractivity contribution >= 4 is 17.8 Å². The molecule has 0 aromatic heterocycles.